The quantitative estimate of drug-likeness (QED) is 0.755. The molecule has 2 N–H and O–H groups in total. The second-order valence-electron chi connectivity index (χ2n) is 7.89. The third-order valence-electron chi connectivity index (χ3n) is 5.62. The van der Waals surface area contributed by atoms with Crippen molar-refractivity contribution < 1.29 is 4.74 Å². The molecule has 5 rings (SSSR count). The van der Waals surface area contributed by atoms with E-state index >= 15 is 0 Å². The lowest BCUT2D eigenvalue weighted by atomic mass is 9.82. The van der Waals surface area contributed by atoms with Crippen molar-refractivity contribution in [2.24, 2.45) is 9.98 Å². The molecule has 0 fully saturated rings. The van der Waals surface area contributed by atoms with Crippen molar-refractivity contribution in [2.45, 2.75) is 18.9 Å². The van der Waals surface area contributed by atoms with Gasteiger partial charge in [0.1, 0.15) is 11.6 Å². The molecule has 0 saturated heterocycles. The topological polar surface area (TPSA) is 70.9 Å². The zero-order valence-electron chi connectivity index (χ0n) is 17.5. The summed E-state index contributed by atoms with van der Waals surface area (Å²) >= 11 is 0. The summed E-state index contributed by atoms with van der Waals surface area (Å²) in [5.74, 6) is 2.24. The summed E-state index contributed by atoms with van der Waals surface area (Å²) in [6, 6.07) is 10.0. The van der Waals surface area contributed by atoms with Gasteiger partial charge in [0.2, 0.25) is 0 Å². The Kier molecular flexibility index (Phi) is 4.55. The largest absolute Gasteiger partial charge is 0.497 e. The number of ether oxygens (including phenoxy) is 1. The van der Waals surface area contributed by atoms with Gasteiger partial charge in [-0.15, -0.1) is 0 Å². The van der Waals surface area contributed by atoms with Gasteiger partial charge in [0.05, 0.1) is 12.6 Å². The molecule has 0 saturated carbocycles. The molecule has 1 aliphatic carbocycles. The Labute approximate surface area is 181 Å². The fourth-order valence-corrected chi connectivity index (χ4v) is 3.92. The first-order valence-corrected chi connectivity index (χ1v) is 10.1. The lowest BCUT2D eigenvalue weighted by Gasteiger charge is -2.35. The van der Waals surface area contributed by atoms with Gasteiger partial charge >= 0.3 is 0 Å². The van der Waals surface area contributed by atoms with Crippen molar-refractivity contribution in [3.63, 3.8) is 0 Å². The van der Waals surface area contributed by atoms with E-state index in [4.69, 9.17) is 14.7 Å². The van der Waals surface area contributed by atoms with E-state index in [-0.39, 0.29) is 0 Å². The summed E-state index contributed by atoms with van der Waals surface area (Å²) in [4.78, 5) is 14.1. The Balaban J connectivity index is 1.56. The van der Waals surface area contributed by atoms with Crippen LogP contribution >= 0.6 is 0 Å². The van der Waals surface area contributed by atoms with Crippen LogP contribution in [0.2, 0.25) is 0 Å². The smallest absolute Gasteiger partial charge is 0.159 e. The number of benzene rings is 1. The van der Waals surface area contributed by atoms with Crippen LogP contribution in [0.1, 0.15) is 24.5 Å². The Bertz CT molecular complexity index is 1220. The molecule has 6 nitrogen and oxygen atoms in total. The predicted molar refractivity (Wildman–Crippen MR) is 126 cm³/mol. The summed E-state index contributed by atoms with van der Waals surface area (Å²) in [7, 11) is 1.68. The summed E-state index contributed by atoms with van der Waals surface area (Å²) in [5.41, 5.74) is 5.40. The highest BCUT2D eigenvalue weighted by molar-refractivity contribution is 6.19. The number of rotatable bonds is 3. The minimum atomic E-state index is -0.440. The molecule has 2 aliphatic heterocycles. The minimum absolute atomic E-state index is 0.440. The van der Waals surface area contributed by atoms with Gasteiger partial charge in [-0.25, -0.2) is 4.99 Å². The molecule has 0 spiro atoms. The normalized spacial score (nSPS) is 21.5. The number of hydrogen-bond donors (Lipinski definition) is 2. The zero-order chi connectivity index (χ0) is 21.4. The van der Waals surface area contributed by atoms with Crippen molar-refractivity contribution in [2.75, 3.05) is 17.7 Å². The molecule has 1 atom stereocenters. The van der Waals surface area contributed by atoms with Crippen molar-refractivity contribution in [1.29, 1.82) is 0 Å². The summed E-state index contributed by atoms with van der Waals surface area (Å²) in [5, 5.41) is 6.81. The van der Waals surface area contributed by atoms with Gasteiger partial charge in [0.25, 0.3) is 0 Å². The van der Waals surface area contributed by atoms with Crippen molar-refractivity contribution in [1.82, 2.24) is 4.98 Å². The Morgan fingerprint density at radius 1 is 1.23 bits per heavy atom. The fraction of sp³-hybridized carbons (Fsp3) is 0.160. The number of pyridine rings is 1. The molecule has 0 bridgehead atoms. The van der Waals surface area contributed by atoms with E-state index in [1.165, 1.54) is 0 Å². The fourth-order valence-electron chi connectivity index (χ4n) is 3.92. The Hall–Kier alpha value is -3.93. The van der Waals surface area contributed by atoms with Crippen LogP contribution in [0.3, 0.4) is 0 Å². The van der Waals surface area contributed by atoms with Gasteiger partial charge in [-0.2, -0.15) is 0 Å². The molecular weight excluding hydrogens is 386 g/mol. The van der Waals surface area contributed by atoms with Crippen LogP contribution in [0.25, 0.3) is 6.08 Å². The number of anilines is 2. The zero-order valence-corrected chi connectivity index (χ0v) is 17.5. The Morgan fingerprint density at radius 3 is 2.94 bits per heavy atom. The van der Waals surface area contributed by atoms with E-state index in [2.05, 4.69) is 47.3 Å². The van der Waals surface area contributed by atoms with Crippen molar-refractivity contribution in [3.8, 4) is 0 Å². The van der Waals surface area contributed by atoms with Gasteiger partial charge in [0.15, 0.2) is 5.84 Å². The van der Waals surface area contributed by atoms with Crippen LogP contribution in [-0.2, 0) is 4.74 Å². The number of hydrogen-bond acceptors (Lipinski definition) is 6. The molecule has 2 aromatic rings. The van der Waals surface area contributed by atoms with E-state index in [9.17, 15) is 0 Å². The number of allylic oxidation sites excluding steroid dienone is 2. The molecule has 1 aromatic heterocycles. The maximum absolute atomic E-state index is 5.50. The van der Waals surface area contributed by atoms with Crippen LogP contribution < -0.4 is 10.6 Å². The van der Waals surface area contributed by atoms with Crippen LogP contribution in [0.15, 0.2) is 94.5 Å². The van der Waals surface area contributed by atoms with Crippen molar-refractivity contribution >= 4 is 29.1 Å². The van der Waals surface area contributed by atoms with E-state index in [1.54, 1.807) is 19.5 Å². The lowest BCUT2D eigenvalue weighted by molar-refractivity contribution is 0.299. The molecule has 1 aromatic carbocycles. The highest BCUT2D eigenvalue weighted by Gasteiger charge is 2.37. The van der Waals surface area contributed by atoms with Crippen LogP contribution in [0.5, 0.6) is 0 Å². The highest BCUT2D eigenvalue weighted by atomic mass is 16.5. The van der Waals surface area contributed by atoms with Crippen LogP contribution in [0.4, 0.5) is 11.4 Å². The summed E-state index contributed by atoms with van der Waals surface area (Å²) in [6.45, 7) is 6.08. The second kappa shape index (κ2) is 7.40. The standard InChI is InChI=1S/C25H23N5O/c1-16-6-7-17-13-19(8-9-22(17)27-16)28-24-21-14-20(31-3)10-11-25(21,2)30-23(29-24)18-5-4-12-26-15-18/h4-10,12-15,27H,1,11H2,2-3H3,(H,28,29,30). The molecule has 0 amide bonds. The van der Waals surface area contributed by atoms with Gasteiger partial charge in [0, 0.05) is 46.2 Å². The van der Waals surface area contributed by atoms with E-state index < -0.39 is 5.54 Å². The third kappa shape index (κ3) is 3.57. The summed E-state index contributed by atoms with van der Waals surface area (Å²) < 4.78 is 5.50. The molecule has 1 unspecified atom stereocenters. The van der Waals surface area contributed by atoms with Gasteiger partial charge < -0.3 is 15.4 Å². The van der Waals surface area contributed by atoms with Crippen molar-refractivity contribution in [3.05, 3.63) is 95.7 Å². The number of fused-ring (bicyclic) bond motifs is 2. The number of aliphatic imine (C=N–C) groups is 2. The molecule has 31 heavy (non-hydrogen) atoms. The number of nitrogens with one attached hydrogen (secondary N) is 2. The molecule has 0 radical (unpaired) electrons. The first-order valence-electron chi connectivity index (χ1n) is 10.1. The molecule has 154 valence electrons. The maximum atomic E-state index is 5.50. The lowest BCUT2D eigenvalue weighted by Crippen LogP contribution is -2.39. The molecule has 3 heterocycles. The highest BCUT2D eigenvalue weighted by Crippen LogP contribution is 2.37. The van der Waals surface area contributed by atoms with E-state index in [1.807, 2.05) is 36.4 Å². The number of aromatic nitrogens is 1. The molecule has 6 heteroatoms. The van der Waals surface area contributed by atoms with Gasteiger partial charge in [-0.3, -0.25) is 9.98 Å². The minimum Gasteiger partial charge on any atom is -0.497 e. The average molecular weight is 409 g/mol. The first kappa shape index (κ1) is 19.1. The Morgan fingerprint density at radius 2 is 2.13 bits per heavy atom. The first-order chi connectivity index (χ1) is 15.0. The molecular formula is C25H23N5O. The average Bonchev–Trinajstić information content (AvgIpc) is 2.79. The number of nitrogens with zero attached hydrogens (tertiary/aromatic N) is 3. The third-order valence-corrected chi connectivity index (χ3v) is 5.62. The van der Waals surface area contributed by atoms with Gasteiger partial charge in [-0.05, 0) is 61.9 Å². The second-order valence-corrected chi connectivity index (χ2v) is 7.89. The summed E-state index contributed by atoms with van der Waals surface area (Å²) in [6.07, 6.45) is 12.4. The van der Waals surface area contributed by atoms with Crippen LogP contribution in [0, 0.1) is 0 Å². The monoisotopic (exact) mass is 409 g/mol. The van der Waals surface area contributed by atoms with E-state index in [0.717, 1.165) is 51.8 Å². The SMILES string of the molecule is C=C1C=Cc2cc(NC3=NC(c4cccnc4)=NC4(C)CC=C(OC)C=C34)ccc2N1. The van der Waals surface area contributed by atoms with Crippen LogP contribution in [-0.4, -0.2) is 29.3 Å². The maximum Gasteiger partial charge on any atom is 0.159 e. The predicted octanol–water partition coefficient (Wildman–Crippen LogP) is 4.92. The van der Waals surface area contributed by atoms with E-state index in [0.29, 0.717) is 5.84 Å². The number of methoxy groups -OCH3 is 1. The number of amidine groups is 2. The van der Waals surface area contributed by atoms with Gasteiger partial charge in [-0.1, -0.05) is 12.7 Å². The molecule has 3 aliphatic rings.